The maximum Gasteiger partial charge on any atom is 0.321 e. The molecule has 0 saturated carbocycles. The second-order valence-electron chi connectivity index (χ2n) is 12.9. The Labute approximate surface area is 298 Å². The lowest BCUT2D eigenvalue weighted by atomic mass is 10.0. The van der Waals surface area contributed by atoms with Gasteiger partial charge in [0.05, 0.1) is 36.1 Å². The van der Waals surface area contributed by atoms with Gasteiger partial charge in [-0.1, -0.05) is 49.4 Å². The molecule has 0 fully saturated rings. The number of thiophene rings is 1. The summed E-state index contributed by atoms with van der Waals surface area (Å²) in [5.41, 5.74) is 1.10. The number of rotatable bonds is 8. The maximum atomic E-state index is 14.4. The smallest absolute Gasteiger partial charge is 0.321 e. The molecule has 3 N–H and O–H groups in total. The van der Waals surface area contributed by atoms with E-state index in [0.29, 0.717) is 24.5 Å². The Bertz CT molecular complexity index is 1860. The van der Waals surface area contributed by atoms with Crippen molar-refractivity contribution >= 4 is 55.4 Å². The van der Waals surface area contributed by atoms with Gasteiger partial charge in [-0.2, -0.15) is 0 Å². The lowest BCUT2D eigenvalue weighted by Gasteiger charge is -2.35. The van der Waals surface area contributed by atoms with E-state index >= 15 is 0 Å². The van der Waals surface area contributed by atoms with Crippen LogP contribution in [0.4, 0.5) is 16.2 Å². The summed E-state index contributed by atoms with van der Waals surface area (Å²) in [5.74, 6) is -0.345. The number of carbonyl (C=O) groups is 2. The number of anilines is 2. The number of fused-ring (bicyclic) bond motifs is 2. The fourth-order valence-electron chi connectivity index (χ4n) is 5.97. The quantitative estimate of drug-likeness (QED) is 0.185. The Hall–Kier alpha value is -4.17. The number of benzene rings is 3. The number of likely N-dealkylation sites (N-methyl/N-ethyl adjacent to an activating group) is 1. The van der Waals surface area contributed by atoms with E-state index in [2.05, 4.69) is 10.0 Å². The molecule has 0 radical (unpaired) electrons. The highest BCUT2D eigenvalue weighted by Crippen LogP contribution is 2.30. The molecule has 5 rings (SSSR count). The third-order valence-electron chi connectivity index (χ3n) is 8.90. The lowest BCUT2D eigenvalue weighted by molar-refractivity contribution is -0.0115. The normalized spacial score (nSPS) is 19.9. The van der Waals surface area contributed by atoms with Gasteiger partial charge in [-0.25, -0.2) is 13.2 Å². The van der Waals surface area contributed by atoms with Gasteiger partial charge in [-0.3, -0.25) is 9.52 Å². The van der Waals surface area contributed by atoms with Crippen molar-refractivity contribution in [3.63, 3.8) is 0 Å². The lowest BCUT2D eigenvalue weighted by Crippen LogP contribution is -2.48. The molecule has 4 aromatic rings. The number of hydrogen-bond acceptors (Lipinski definition) is 8. The first-order chi connectivity index (χ1) is 24.0. The Kier molecular flexibility index (Phi) is 12.4. The number of carbonyl (C=O) groups excluding carboxylic acids is 2. The molecule has 0 spiro atoms. The molecule has 50 heavy (non-hydrogen) atoms. The van der Waals surface area contributed by atoms with Gasteiger partial charge < -0.3 is 29.7 Å². The van der Waals surface area contributed by atoms with Crippen LogP contribution in [0.25, 0.3) is 10.8 Å². The summed E-state index contributed by atoms with van der Waals surface area (Å²) >= 11 is 1.09. The van der Waals surface area contributed by atoms with Crippen molar-refractivity contribution in [1.29, 1.82) is 0 Å². The van der Waals surface area contributed by atoms with Gasteiger partial charge in [0.2, 0.25) is 0 Å². The van der Waals surface area contributed by atoms with Crippen molar-refractivity contribution < 1.29 is 32.6 Å². The number of aliphatic hydroxyl groups is 1. The second kappa shape index (κ2) is 16.7. The van der Waals surface area contributed by atoms with E-state index in [1.165, 1.54) is 12.1 Å². The molecule has 13 heteroatoms. The molecule has 1 aromatic heterocycles. The minimum Gasteiger partial charge on any atom is -0.490 e. The average molecular weight is 723 g/mol. The Morgan fingerprint density at radius 3 is 2.62 bits per heavy atom. The summed E-state index contributed by atoms with van der Waals surface area (Å²) in [5, 5.41) is 16.9. The second-order valence-corrected chi connectivity index (χ2v) is 15.7. The van der Waals surface area contributed by atoms with E-state index in [-0.39, 0.29) is 53.2 Å². The van der Waals surface area contributed by atoms with Crippen LogP contribution in [0.3, 0.4) is 0 Å². The van der Waals surface area contributed by atoms with Crippen LogP contribution in [0.1, 0.15) is 50.4 Å². The highest BCUT2D eigenvalue weighted by Gasteiger charge is 2.31. The zero-order chi connectivity index (χ0) is 35.8. The molecule has 0 bridgehead atoms. The van der Waals surface area contributed by atoms with Gasteiger partial charge in [-0.05, 0) is 74.2 Å². The topological polar surface area (TPSA) is 138 Å². The highest BCUT2D eigenvalue weighted by atomic mass is 32.2. The highest BCUT2D eigenvalue weighted by molar-refractivity contribution is 7.94. The predicted octanol–water partition coefficient (Wildman–Crippen LogP) is 6.66. The van der Waals surface area contributed by atoms with Crippen molar-refractivity contribution in [2.45, 2.75) is 62.5 Å². The Balaban J connectivity index is 1.40. The summed E-state index contributed by atoms with van der Waals surface area (Å²) in [6.45, 7) is 6.27. The predicted molar refractivity (Wildman–Crippen MR) is 198 cm³/mol. The van der Waals surface area contributed by atoms with Gasteiger partial charge in [0, 0.05) is 43.7 Å². The minimum atomic E-state index is -3.86. The molecule has 0 aliphatic carbocycles. The molecule has 0 unspecified atom stereocenters. The molecule has 1 aliphatic rings. The molecular weight excluding hydrogens is 677 g/mol. The molecule has 2 heterocycles. The van der Waals surface area contributed by atoms with Crippen LogP contribution in [0.2, 0.25) is 0 Å². The fraction of sp³-hybridized carbons (Fsp3) is 0.405. The van der Waals surface area contributed by atoms with Gasteiger partial charge >= 0.3 is 6.03 Å². The van der Waals surface area contributed by atoms with E-state index in [1.54, 1.807) is 47.4 Å². The van der Waals surface area contributed by atoms with Gasteiger partial charge in [-0.15, -0.1) is 11.3 Å². The number of ether oxygens (including phenoxy) is 2. The zero-order valence-electron chi connectivity index (χ0n) is 28.9. The molecule has 1 aliphatic heterocycles. The van der Waals surface area contributed by atoms with Crippen LogP contribution in [0.15, 0.2) is 82.4 Å². The van der Waals surface area contributed by atoms with Gasteiger partial charge in [0.1, 0.15) is 9.96 Å². The van der Waals surface area contributed by atoms with E-state index < -0.39 is 28.1 Å². The molecule has 268 valence electrons. The van der Waals surface area contributed by atoms with Crippen molar-refractivity contribution in [1.82, 2.24) is 9.80 Å². The number of urea groups is 1. The number of aliphatic hydroxyl groups excluding tert-OH is 1. The standard InChI is InChI=1S/C37H46N4O7S2/c1-25-22-41(26(2)24-42)36(43)31-21-29(39-50(45,46)35-16-10-20-49-35)17-18-33(31)48-27(3)11-7-8-19-47-34(25)23-40(4)37(44)38-32-15-9-13-28-12-5-6-14-30(28)32/h5-6,9-10,12-18,20-21,25-27,34,39,42H,7-8,11,19,22-24H2,1-4H3,(H,38,44)/t25-,26+,27+,34+/m0/s1. The minimum absolute atomic E-state index is 0.153. The van der Waals surface area contributed by atoms with Crippen molar-refractivity contribution in [2.75, 3.05) is 43.4 Å². The number of amides is 3. The van der Waals surface area contributed by atoms with Crippen molar-refractivity contribution in [3.05, 3.63) is 83.7 Å². The van der Waals surface area contributed by atoms with Crippen molar-refractivity contribution in [2.24, 2.45) is 5.92 Å². The monoisotopic (exact) mass is 722 g/mol. The first kappa shape index (κ1) is 37.1. The van der Waals surface area contributed by atoms with Crippen LogP contribution in [0.5, 0.6) is 5.75 Å². The van der Waals surface area contributed by atoms with Crippen LogP contribution < -0.4 is 14.8 Å². The number of sulfonamides is 1. The van der Waals surface area contributed by atoms with Crippen LogP contribution >= 0.6 is 11.3 Å². The summed E-state index contributed by atoms with van der Waals surface area (Å²) in [4.78, 5) is 31.0. The first-order valence-electron chi connectivity index (χ1n) is 16.9. The van der Waals surface area contributed by atoms with E-state index in [9.17, 15) is 23.1 Å². The maximum absolute atomic E-state index is 14.4. The van der Waals surface area contributed by atoms with Crippen molar-refractivity contribution in [3.8, 4) is 5.75 Å². The number of nitrogens with zero attached hydrogens (tertiary/aromatic N) is 2. The average Bonchev–Trinajstić information content (AvgIpc) is 3.66. The number of nitrogens with one attached hydrogen (secondary N) is 2. The SMILES string of the molecule is C[C@@H]1CCCCO[C@H](CN(C)C(=O)Nc2cccc3ccccc23)[C@@H](C)CN([C@H](C)CO)C(=O)c2cc(NS(=O)(=O)c3cccs3)ccc2O1. The zero-order valence-corrected chi connectivity index (χ0v) is 30.5. The summed E-state index contributed by atoms with van der Waals surface area (Å²) in [6.07, 6.45) is 1.62. The molecule has 11 nitrogen and oxygen atoms in total. The molecule has 3 amide bonds. The first-order valence-corrected chi connectivity index (χ1v) is 19.2. The Morgan fingerprint density at radius 2 is 1.86 bits per heavy atom. The fourth-order valence-corrected chi connectivity index (χ4v) is 8.01. The summed E-state index contributed by atoms with van der Waals surface area (Å²) < 4.78 is 41.5. The molecule has 3 aromatic carbocycles. The third kappa shape index (κ3) is 9.13. The number of hydrogen-bond donors (Lipinski definition) is 3. The van der Waals surface area contributed by atoms with E-state index in [4.69, 9.17) is 9.47 Å². The molecular formula is C37H46N4O7S2. The van der Waals surface area contributed by atoms with Crippen LogP contribution in [-0.2, 0) is 14.8 Å². The largest absolute Gasteiger partial charge is 0.490 e. The molecule has 0 saturated heterocycles. The van der Waals surface area contributed by atoms with E-state index in [1.807, 2.05) is 56.3 Å². The summed E-state index contributed by atoms with van der Waals surface area (Å²) in [7, 11) is -2.15. The third-order valence-corrected chi connectivity index (χ3v) is 11.7. The Morgan fingerprint density at radius 1 is 1.08 bits per heavy atom. The summed E-state index contributed by atoms with van der Waals surface area (Å²) in [6, 6.07) is 20.6. The molecule has 4 atom stereocenters. The van der Waals surface area contributed by atoms with Gasteiger partial charge in [0.15, 0.2) is 0 Å². The van der Waals surface area contributed by atoms with E-state index in [0.717, 1.165) is 35.0 Å². The van der Waals surface area contributed by atoms with Crippen LogP contribution in [0, 0.1) is 5.92 Å². The van der Waals surface area contributed by atoms with Crippen LogP contribution in [-0.4, -0.2) is 86.9 Å². The van der Waals surface area contributed by atoms with Gasteiger partial charge in [0.25, 0.3) is 15.9 Å².